The van der Waals surface area contributed by atoms with Crippen LogP contribution in [-0.2, 0) is 0 Å². The minimum atomic E-state index is -0.683. The van der Waals surface area contributed by atoms with Crippen LogP contribution in [0.4, 0.5) is 15.8 Å². The summed E-state index contributed by atoms with van der Waals surface area (Å²) in [6.45, 7) is 1.77. The Morgan fingerprint density at radius 1 is 1.60 bits per heavy atom. The van der Waals surface area contributed by atoms with E-state index in [0.717, 1.165) is 12.1 Å². The summed E-state index contributed by atoms with van der Waals surface area (Å²) in [5.41, 5.74) is -0.0364. The monoisotopic (exact) mass is 214 g/mol. The number of nitro groups is 1. The van der Waals surface area contributed by atoms with E-state index in [2.05, 4.69) is 5.32 Å². The van der Waals surface area contributed by atoms with E-state index in [-0.39, 0.29) is 17.9 Å². The van der Waals surface area contributed by atoms with Crippen molar-refractivity contribution in [2.24, 2.45) is 0 Å². The van der Waals surface area contributed by atoms with Crippen molar-refractivity contribution in [1.82, 2.24) is 0 Å². The third-order valence-corrected chi connectivity index (χ3v) is 1.69. The van der Waals surface area contributed by atoms with E-state index in [0.29, 0.717) is 0 Å². The van der Waals surface area contributed by atoms with Crippen LogP contribution in [0.5, 0.6) is 0 Å². The number of halogens is 1. The van der Waals surface area contributed by atoms with E-state index < -0.39 is 16.8 Å². The zero-order valence-electron chi connectivity index (χ0n) is 8.11. The Kier molecular flexibility index (Phi) is 3.56. The van der Waals surface area contributed by atoms with E-state index in [1.807, 2.05) is 0 Å². The Morgan fingerprint density at radius 2 is 2.27 bits per heavy atom. The van der Waals surface area contributed by atoms with Gasteiger partial charge in [-0.25, -0.2) is 4.39 Å². The first-order valence-electron chi connectivity index (χ1n) is 4.36. The molecule has 0 heterocycles. The number of hydrogen-bond donors (Lipinski definition) is 2. The highest BCUT2D eigenvalue weighted by atomic mass is 19.1. The SMILES string of the molecule is CC(O)CNc1cc(F)cc([N+](=O)[O-])c1. The lowest BCUT2D eigenvalue weighted by atomic mass is 10.2. The first kappa shape index (κ1) is 11.4. The molecular formula is C9H11FN2O3. The van der Waals surface area contributed by atoms with Crippen molar-refractivity contribution in [1.29, 1.82) is 0 Å². The van der Waals surface area contributed by atoms with Gasteiger partial charge in [0.05, 0.1) is 17.1 Å². The quantitative estimate of drug-likeness (QED) is 0.588. The molecule has 5 nitrogen and oxygen atoms in total. The third-order valence-electron chi connectivity index (χ3n) is 1.69. The number of nitrogens with one attached hydrogen (secondary N) is 1. The number of non-ortho nitro benzene ring substituents is 1. The fourth-order valence-corrected chi connectivity index (χ4v) is 1.05. The largest absolute Gasteiger partial charge is 0.392 e. The van der Waals surface area contributed by atoms with Crippen LogP contribution in [0.25, 0.3) is 0 Å². The molecule has 0 saturated carbocycles. The summed E-state index contributed by atoms with van der Waals surface area (Å²) in [5.74, 6) is -0.683. The van der Waals surface area contributed by atoms with Gasteiger partial charge in [0.25, 0.3) is 5.69 Å². The molecule has 0 aromatic heterocycles. The molecule has 0 fully saturated rings. The molecule has 15 heavy (non-hydrogen) atoms. The molecule has 1 atom stereocenters. The summed E-state index contributed by atoms with van der Waals surface area (Å²) in [7, 11) is 0. The van der Waals surface area contributed by atoms with Crippen LogP contribution in [0.1, 0.15) is 6.92 Å². The maximum Gasteiger partial charge on any atom is 0.274 e. The van der Waals surface area contributed by atoms with Crippen LogP contribution in [-0.4, -0.2) is 22.7 Å². The number of rotatable bonds is 4. The number of anilines is 1. The molecule has 0 saturated heterocycles. The lowest BCUT2D eigenvalue weighted by molar-refractivity contribution is -0.385. The molecule has 82 valence electrons. The van der Waals surface area contributed by atoms with Crippen LogP contribution in [0.3, 0.4) is 0 Å². The highest BCUT2D eigenvalue weighted by Gasteiger charge is 2.09. The van der Waals surface area contributed by atoms with Gasteiger partial charge in [0.1, 0.15) is 5.82 Å². The summed E-state index contributed by atoms with van der Waals surface area (Å²) >= 11 is 0. The molecule has 0 aliphatic rings. The molecule has 0 bridgehead atoms. The molecule has 1 aromatic carbocycles. The molecule has 2 N–H and O–H groups in total. The first-order valence-corrected chi connectivity index (χ1v) is 4.36. The predicted molar refractivity (Wildman–Crippen MR) is 53.2 cm³/mol. The second kappa shape index (κ2) is 4.70. The summed E-state index contributed by atoms with van der Waals surface area (Å²) in [4.78, 5) is 9.74. The summed E-state index contributed by atoms with van der Waals surface area (Å²) in [5, 5.41) is 22.1. The van der Waals surface area contributed by atoms with Gasteiger partial charge < -0.3 is 10.4 Å². The van der Waals surface area contributed by atoms with Crippen LogP contribution < -0.4 is 5.32 Å². The van der Waals surface area contributed by atoms with Crippen molar-refractivity contribution in [3.8, 4) is 0 Å². The number of nitrogens with zero attached hydrogens (tertiary/aromatic N) is 1. The maximum absolute atomic E-state index is 12.9. The molecule has 0 spiro atoms. The van der Waals surface area contributed by atoms with Crippen molar-refractivity contribution in [3.63, 3.8) is 0 Å². The molecular weight excluding hydrogens is 203 g/mol. The standard InChI is InChI=1S/C9H11FN2O3/c1-6(13)5-11-8-2-7(10)3-9(4-8)12(14)15/h2-4,6,11,13H,5H2,1H3. The Hall–Kier alpha value is -1.69. The Bertz CT molecular complexity index is 368. The molecule has 0 aliphatic heterocycles. The van der Waals surface area contributed by atoms with E-state index in [4.69, 9.17) is 5.11 Å². The zero-order chi connectivity index (χ0) is 11.4. The highest BCUT2D eigenvalue weighted by molar-refractivity contribution is 5.51. The van der Waals surface area contributed by atoms with Crippen molar-refractivity contribution in [2.45, 2.75) is 13.0 Å². The second-order valence-corrected chi connectivity index (χ2v) is 3.19. The topological polar surface area (TPSA) is 75.4 Å². The van der Waals surface area contributed by atoms with E-state index in [1.54, 1.807) is 6.92 Å². The highest BCUT2D eigenvalue weighted by Crippen LogP contribution is 2.19. The van der Waals surface area contributed by atoms with E-state index in [1.165, 1.54) is 6.07 Å². The van der Waals surface area contributed by atoms with Gasteiger partial charge in [-0.3, -0.25) is 10.1 Å². The maximum atomic E-state index is 12.9. The van der Waals surface area contributed by atoms with Crippen LogP contribution >= 0.6 is 0 Å². The van der Waals surface area contributed by atoms with Crippen molar-refractivity contribution in [2.75, 3.05) is 11.9 Å². The zero-order valence-corrected chi connectivity index (χ0v) is 8.11. The van der Waals surface area contributed by atoms with Crippen LogP contribution in [0.2, 0.25) is 0 Å². The number of aliphatic hydroxyl groups excluding tert-OH is 1. The Labute approximate surface area is 85.7 Å². The van der Waals surface area contributed by atoms with Gasteiger partial charge >= 0.3 is 0 Å². The predicted octanol–water partition coefficient (Wildman–Crippen LogP) is 1.53. The van der Waals surface area contributed by atoms with Gasteiger partial charge in [-0.05, 0) is 13.0 Å². The number of benzene rings is 1. The van der Waals surface area contributed by atoms with Crippen LogP contribution in [0, 0.1) is 15.9 Å². The second-order valence-electron chi connectivity index (χ2n) is 3.19. The molecule has 0 radical (unpaired) electrons. The van der Waals surface area contributed by atoms with Crippen LogP contribution in [0.15, 0.2) is 18.2 Å². The fraction of sp³-hybridized carbons (Fsp3) is 0.333. The van der Waals surface area contributed by atoms with E-state index >= 15 is 0 Å². The molecule has 6 heteroatoms. The van der Waals surface area contributed by atoms with Gasteiger partial charge in [-0.2, -0.15) is 0 Å². The number of nitro benzene ring substituents is 1. The Balaban J connectivity index is 2.84. The number of aliphatic hydroxyl groups is 1. The molecule has 1 unspecified atom stereocenters. The first-order chi connectivity index (χ1) is 6.99. The average molecular weight is 214 g/mol. The van der Waals surface area contributed by atoms with Crippen molar-refractivity contribution >= 4 is 11.4 Å². The van der Waals surface area contributed by atoms with Gasteiger partial charge in [0, 0.05) is 18.3 Å². The van der Waals surface area contributed by atoms with Gasteiger partial charge in [-0.15, -0.1) is 0 Å². The Morgan fingerprint density at radius 3 is 2.80 bits per heavy atom. The third kappa shape index (κ3) is 3.51. The smallest absolute Gasteiger partial charge is 0.274 e. The van der Waals surface area contributed by atoms with Crippen molar-refractivity contribution in [3.05, 3.63) is 34.1 Å². The minimum Gasteiger partial charge on any atom is -0.392 e. The van der Waals surface area contributed by atoms with Crippen molar-refractivity contribution < 1.29 is 14.4 Å². The fourth-order valence-electron chi connectivity index (χ4n) is 1.05. The lowest BCUT2D eigenvalue weighted by Crippen LogP contribution is -2.15. The lowest BCUT2D eigenvalue weighted by Gasteiger charge is -2.08. The molecule has 0 amide bonds. The minimum absolute atomic E-state index is 0.209. The van der Waals surface area contributed by atoms with Gasteiger partial charge in [0.2, 0.25) is 0 Å². The molecule has 0 aliphatic carbocycles. The molecule has 1 rings (SSSR count). The normalized spacial score (nSPS) is 12.2. The summed E-state index contributed by atoms with van der Waals surface area (Å²) in [6.07, 6.45) is -0.604. The number of hydrogen-bond acceptors (Lipinski definition) is 4. The molecule has 1 aromatic rings. The van der Waals surface area contributed by atoms with Gasteiger partial charge in [-0.1, -0.05) is 0 Å². The van der Waals surface area contributed by atoms with Gasteiger partial charge in [0.15, 0.2) is 0 Å². The average Bonchev–Trinajstić information content (AvgIpc) is 2.13. The summed E-state index contributed by atoms with van der Waals surface area (Å²) < 4.78 is 12.9. The van der Waals surface area contributed by atoms with E-state index in [9.17, 15) is 14.5 Å². The summed E-state index contributed by atoms with van der Waals surface area (Å²) in [6, 6.07) is 3.19.